The number of hydrogen-bond donors (Lipinski definition) is 0. The lowest BCUT2D eigenvalue weighted by Crippen LogP contribution is -2.29. The number of carbonyl (C=O) groups is 1. The fourth-order valence-electron chi connectivity index (χ4n) is 2.79. The molecule has 0 spiro atoms. The predicted molar refractivity (Wildman–Crippen MR) is 89.8 cm³/mol. The average molecular weight is 327 g/mol. The van der Waals surface area contributed by atoms with E-state index < -0.39 is 6.10 Å². The molecule has 1 amide bonds. The summed E-state index contributed by atoms with van der Waals surface area (Å²) in [4.78, 5) is 14.2. The standard InChI is InChI=1S/C19H21NO4/c1-13-18(21)20(12-14-4-8-16(22-2)9-5-14)19(24-13)15-6-10-17(23-3)11-7-15/h4-11,13,19H,12H2,1-3H3. The van der Waals surface area contributed by atoms with Crippen LogP contribution in [0, 0.1) is 0 Å². The van der Waals surface area contributed by atoms with Gasteiger partial charge in [0.1, 0.15) is 17.6 Å². The van der Waals surface area contributed by atoms with E-state index in [9.17, 15) is 4.79 Å². The normalized spacial score (nSPS) is 20.3. The number of carbonyl (C=O) groups excluding carboxylic acids is 1. The van der Waals surface area contributed by atoms with Gasteiger partial charge in [-0.15, -0.1) is 0 Å². The lowest BCUT2D eigenvalue weighted by atomic mass is 10.1. The van der Waals surface area contributed by atoms with Crippen molar-refractivity contribution < 1.29 is 19.0 Å². The average Bonchev–Trinajstić information content (AvgIpc) is 2.91. The van der Waals surface area contributed by atoms with E-state index in [0.717, 1.165) is 22.6 Å². The van der Waals surface area contributed by atoms with Crippen LogP contribution in [0.2, 0.25) is 0 Å². The van der Waals surface area contributed by atoms with Crippen LogP contribution in [-0.4, -0.2) is 31.1 Å². The largest absolute Gasteiger partial charge is 0.497 e. The molecule has 1 aliphatic rings. The maximum Gasteiger partial charge on any atom is 0.254 e. The van der Waals surface area contributed by atoms with Gasteiger partial charge in [0.2, 0.25) is 0 Å². The summed E-state index contributed by atoms with van der Waals surface area (Å²) in [6, 6.07) is 15.3. The highest BCUT2D eigenvalue weighted by Crippen LogP contribution is 2.33. The molecule has 5 heteroatoms. The maximum absolute atomic E-state index is 12.5. The third kappa shape index (κ3) is 3.21. The Morgan fingerprint density at radius 1 is 0.958 bits per heavy atom. The molecule has 1 heterocycles. The minimum absolute atomic E-state index is 0.00774. The van der Waals surface area contributed by atoms with Crippen molar-refractivity contribution in [3.8, 4) is 11.5 Å². The molecule has 2 atom stereocenters. The Balaban J connectivity index is 1.82. The first-order valence-corrected chi connectivity index (χ1v) is 7.85. The van der Waals surface area contributed by atoms with E-state index >= 15 is 0 Å². The molecule has 2 aromatic rings. The summed E-state index contributed by atoms with van der Waals surface area (Å²) in [6.45, 7) is 2.27. The highest BCUT2D eigenvalue weighted by Gasteiger charge is 2.38. The van der Waals surface area contributed by atoms with Crippen molar-refractivity contribution in [3.63, 3.8) is 0 Å². The van der Waals surface area contributed by atoms with E-state index in [1.165, 1.54) is 0 Å². The second-order valence-electron chi connectivity index (χ2n) is 5.72. The maximum atomic E-state index is 12.5. The predicted octanol–water partition coefficient (Wildman–Crippen LogP) is 3.15. The van der Waals surface area contributed by atoms with Crippen LogP contribution < -0.4 is 9.47 Å². The third-order valence-electron chi connectivity index (χ3n) is 4.16. The molecule has 5 nitrogen and oxygen atoms in total. The first-order valence-electron chi connectivity index (χ1n) is 7.85. The number of hydrogen-bond acceptors (Lipinski definition) is 4. The van der Waals surface area contributed by atoms with Gasteiger partial charge in [0.25, 0.3) is 5.91 Å². The Kier molecular flexibility index (Phi) is 4.71. The number of benzene rings is 2. The van der Waals surface area contributed by atoms with Gasteiger partial charge < -0.3 is 19.1 Å². The smallest absolute Gasteiger partial charge is 0.254 e. The zero-order chi connectivity index (χ0) is 17.1. The van der Waals surface area contributed by atoms with Crippen molar-refractivity contribution in [2.45, 2.75) is 25.8 Å². The number of rotatable bonds is 5. The Morgan fingerprint density at radius 2 is 1.50 bits per heavy atom. The number of nitrogens with zero attached hydrogens (tertiary/aromatic N) is 1. The van der Waals surface area contributed by atoms with E-state index in [1.54, 1.807) is 26.0 Å². The highest BCUT2D eigenvalue weighted by atomic mass is 16.5. The van der Waals surface area contributed by atoms with E-state index in [1.807, 2.05) is 48.5 Å². The highest BCUT2D eigenvalue weighted by molar-refractivity contribution is 5.82. The van der Waals surface area contributed by atoms with Crippen LogP contribution in [0.15, 0.2) is 48.5 Å². The third-order valence-corrected chi connectivity index (χ3v) is 4.16. The molecule has 1 saturated heterocycles. The number of methoxy groups -OCH3 is 2. The van der Waals surface area contributed by atoms with Crippen LogP contribution in [-0.2, 0) is 16.1 Å². The summed E-state index contributed by atoms with van der Waals surface area (Å²) in [6.07, 6.45) is -0.837. The van der Waals surface area contributed by atoms with Crippen LogP contribution in [0.4, 0.5) is 0 Å². The second kappa shape index (κ2) is 6.93. The van der Waals surface area contributed by atoms with Gasteiger partial charge in [-0.1, -0.05) is 24.3 Å². The number of ether oxygens (including phenoxy) is 3. The molecule has 24 heavy (non-hydrogen) atoms. The topological polar surface area (TPSA) is 48.0 Å². The lowest BCUT2D eigenvalue weighted by molar-refractivity contribution is -0.130. The summed E-state index contributed by atoms with van der Waals surface area (Å²) in [5.74, 6) is 1.56. The zero-order valence-corrected chi connectivity index (χ0v) is 14.1. The first-order chi connectivity index (χ1) is 11.6. The SMILES string of the molecule is COc1ccc(CN2C(=O)C(C)OC2c2ccc(OC)cc2)cc1. The Bertz CT molecular complexity index is 696. The molecule has 1 fully saturated rings. The zero-order valence-electron chi connectivity index (χ0n) is 14.1. The molecule has 0 aliphatic carbocycles. The van der Waals surface area contributed by atoms with Crippen molar-refractivity contribution in [1.29, 1.82) is 0 Å². The van der Waals surface area contributed by atoms with E-state index in [0.29, 0.717) is 6.54 Å². The van der Waals surface area contributed by atoms with Gasteiger partial charge in [-0.05, 0) is 36.8 Å². The summed E-state index contributed by atoms with van der Waals surface area (Å²) in [5, 5.41) is 0. The summed E-state index contributed by atoms with van der Waals surface area (Å²) in [5.41, 5.74) is 1.96. The first kappa shape index (κ1) is 16.3. The molecule has 3 rings (SSSR count). The van der Waals surface area contributed by atoms with Gasteiger partial charge in [-0.2, -0.15) is 0 Å². The molecule has 2 unspecified atom stereocenters. The molecule has 0 aromatic heterocycles. The van der Waals surface area contributed by atoms with Crippen LogP contribution in [0.1, 0.15) is 24.3 Å². The van der Waals surface area contributed by atoms with Crippen molar-refractivity contribution in [2.24, 2.45) is 0 Å². The van der Waals surface area contributed by atoms with Crippen LogP contribution in [0.3, 0.4) is 0 Å². The van der Waals surface area contributed by atoms with Crippen molar-refractivity contribution in [3.05, 3.63) is 59.7 Å². The fourth-order valence-corrected chi connectivity index (χ4v) is 2.79. The minimum Gasteiger partial charge on any atom is -0.497 e. The van der Waals surface area contributed by atoms with E-state index in [-0.39, 0.29) is 12.1 Å². The Labute approximate surface area is 141 Å². The van der Waals surface area contributed by atoms with Crippen molar-refractivity contribution in [2.75, 3.05) is 14.2 Å². The van der Waals surface area contributed by atoms with Gasteiger partial charge in [0, 0.05) is 12.1 Å². The van der Waals surface area contributed by atoms with Gasteiger partial charge in [0.15, 0.2) is 6.23 Å². The molecule has 0 bridgehead atoms. The Morgan fingerprint density at radius 3 is 2.04 bits per heavy atom. The summed E-state index contributed by atoms with van der Waals surface area (Å²) < 4.78 is 16.2. The molecule has 0 N–H and O–H groups in total. The minimum atomic E-state index is -0.449. The fraction of sp³-hybridized carbons (Fsp3) is 0.316. The molecule has 0 radical (unpaired) electrons. The van der Waals surface area contributed by atoms with Crippen LogP contribution in [0.5, 0.6) is 11.5 Å². The lowest BCUT2D eigenvalue weighted by Gasteiger charge is -2.23. The van der Waals surface area contributed by atoms with Crippen LogP contribution in [0.25, 0.3) is 0 Å². The summed E-state index contributed by atoms with van der Waals surface area (Å²) in [7, 11) is 3.26. The second-order valence-corrected chi connectivity index (χ2v) is 5.72. The Hall–Kier alpha value is -2.53. The van der Waals surface area contributed by atoms with Gasteiger partial charge in [-0.25, -0.2) is 0 Å². The van der Waals surface area contributed by atoms with Crippen molar-refractivity contribution in [1.82, 2.24) is 4.90 Å². The molecule has 0 saturated carbocycles. The van der Waals surface area contributed by atoms with E-state index in [4.69, 9.17) is 14.2 Å². The van der Waals surface area contributed by atoms with Crippen LogP contribution >= 0.6 is 0 Å². The molecule has 1 aliphatic heterocycles. The quantitative estimate of drug-likeness (QED) is 0.846. The van der Waals surface area contributed by atoms with Gasteiger partial charge in [0.05, 0.1) is 14.2 Å². The monoisotopic (exact) mass is 327 g/mol. The van der Waals surface area contributed by atoms with E-state index in [2.05, 4.69) is 0 Å². The van der Waals surface area contributed by atoms with Crippen molar-refractivity contribution >= 4 is 5.91 Å². The number of amides is 1. The van der Waals surface area contributed by atoms with Gasteiger partial charge >= 0.3 is 0 Å². The molecule has 126 valence electrons. The molecular weight excluding hydrogens is 306 g/mol. The molecule has 2 aromatic carbocycles. The molecular formula is C19H21NO4. The van der Waals surface area contributed by atoms with Gasteiger partial charge in [-0.3, -0.25) is 4.79 Å². The summed E-state index contributed by atoms with van der Waals surface area (Å²) >= 11 is 0.